The second-order valence-corrected chi connectivity index (χ2v) is 8.01. The van der Waals surface area contributed by atoms with Gasteiger partial charge < -0.3 is 19.1 Å². The van der Waals surface area contributed by atoms with Crippen LogP contribution in [0.2, 0.25) is 0 Å². The van der Waals surface area contributed by atoms with Gasteiger partial charge in [-0.15, -0.1) is 0 Å². The zero-order chi connectivity index (χ0) is 22.1. The lowest BCUT2D eigenvalue weighted by molar-refractivity contribution is 0.0466. The predicted octanol–water partition coefficient (Wildman–Crippen LogP) is 3.00. The molecule has 9 heteroatoms. The molecule has 2 rings (SSSR count). The third-order valence-corrected chi connectivity index (χ3v) is 5.97. The maximum absolute atomic E-state index is 12.8. The number of methoxy groups -OCH3 is 2. The molecule has 0 saturated carbocycles. The summed E-state index contributed by atoms with van der Waals surface area (Å²) in [5, 5.41) is 0. The van der Waals surface area contributed by atoms with Crippen molar-refractivity contribution in [3.8, 4) is 11.5 Å². The van der Waals surface area contributed by atoms with E-state index in [9.17, 15) is 13.2 Å². The number of hydrogen-bond acceptors (Lipinski definition) is 7. The number of anilines is 1. The first-order valence-corrected chi connectivity index (χ1v) is 11.1. The average Bonchev–Trinajstić information content (AvgIpc) is 2.76. The molecule has 0 heterocycles. The molecule has 0 radical (unpaired) electrons. The van der Waals surface area contributed by atoms with Crippen LogP contribution in [0, 0.1) is 0 Å². The Morgan fingerprint density at radius 3 is 2.23 bits per heavy atom. The molecule has 0 unspecified atom stereocenters. The largest absolute Gasteiger partial charge is 0.497 e. The quantitative estimate of drug-likeness (QED) is 0.541. The lowest BCUT2D eigenvalue weighted by Gasteiger charge is -2.17. The van der Waals surface area contributed by atoms with E-state index in [1.165, 1.54) is 50.6 Å². The fourth-order valence-corrected chi connectivity index (χ4v) is 4.01. The van der Waals surface area contributed by atoms with E-state index in [1.807, 2.05) is 13.8 Å². The van der Waals surface area contributed by atoms with Crippen molar-refractivity contribution in [2.45, 2.75) is 18.7 Å². The van der Waals surface area contributed by atoms with Crippen LogP contribution >= 0.6 is 0 Å². The third-order valence-electron chi connectivity index (χ3n) is 4.57. The Morgan fingerprint density at radius 2 is 1.67 bits per heavy atom. The fraction of sp³-hybridized carbons (Fsp3) is 0.381. The van der Waals surface area contributed by atoms with Gasteiger partial charge in [-0.2, -0.15) is 0 Å². The maximum atomic E-state index is 12.8. The lowest BCUT2D eigenvalue weighted by atomic mass is 10.2. The molecule has 30 heavy (non-hydrogen) atoms. The second kappa shape index (κ2) is 10.8. The van der Waals surface area contributed by atoms with Crippen molar-refractivity contribution in [2.24, 2.45) is 0 Å². The van der Waals surface area contributed by atoms with Gasteiger partial charge in [0.15, 0.2) is 0 Å². The molecule has 0 amide bonds. The zero-order valence-corrected chi connectivity index (χ0v) is 18.5. The van der Waals surface area contributed by atoms with Crippen LogP contribution in [0.15, 0.2) is 47.4 Å². The Morgan fingerprint density at radius 1 is 1.00 bits per heavy atom. The van der Waals surface area contributed by atoms with Gasteiger partial charge in [0.25, 0.3) is 10.0 Å². The molecule has 164 valence electrons. The van der Waals surface area contributed by atoms with Gasteiger partial charge in [-0.3, -0.25) is 4.72 Å². The van der Waals surface area contributed by atoms with Crippen molar-refractivity contribution in [1.29, 1.82) is 0 Å². The Bertz CT molecular complexity index is 940. The minimum absolute atomic E-state index is 0.0516. The summed E-state index contributed by atoms with van der Waals surface area (Å²) in [5.74, 6) is 0.127. The van der Waals surface area contributed by atoms with Crippen LogP contribution in [0.5, 0.6) is 11.5 Å². The summed E-state index contributed by atoms with van der Waals surface area (Å²) < 4.78 is 43.6. The molecular formula is C21H28N2O6S. The fourth-order valence-electron chi connectivity index (χ4n) is 2.77. The van der Waals surface area contributed by atoms with E-state index in [1.54, 1.807) is 6.07 Å². The first-order valence-electron chi connectivity index (χ1n) is 9.59. The van der Waals surface area contributed by atoms with Crippen molar-refractivity contribution in [3.05, 3.63) is 48.0 Å². The number of benzene rings is 2. The number of ether oxygens (including phenoxy) is 3. The van der Waals surface area contributed by atoms with E-state index in [-0.39, 0.29) is 10.6 Å². The van der Waals surface area contributed by atoms with Crippen LogP contribution in [-0.2, 0) is 14.8 Å². The average molecular weight is 437 g/mol. The molecule has 8 nitrogen and oxygen atoms in total. The van der Waals surface area contributed by atoms with Gasteiger partial charge in [0.2, 0.25) is 0 Å². The van der Waals surface area contributed by atoms with Crippen LogP contribution < -0.4 is 14.2 Å². The van der Waals surface area contributed by atoms with E-state index in [4.69, 9.17) is 14.2 Å². The van der Waals surface area contributed by atoms with E-state index in [2.05, 4.69) is 9.62 Å². The number of esters is 1. The number of nitrogens with one attached hydrogen (secondary N) is 1. The van der Waals surface area contributed by atoms with Gasteiger partial charge in [0.05, 0.1) is 19.8 Å². The molecular weight excluding hydrogens is 408 g/mol. The third kappa shape index (κ3) is 6.11. The van der Waals surface area contributed by atoms with Gasteiger partial charge in [0.1, 0.15) is 23.0 Å². The maximum Gasteiger partial charge on any atom is 0.338 e. The summed E-state index contributed by atoms with van der Waals surface area (Å²) in [7, 11) is -1.09. The van der Waals surface area contributed by atoms with Gasteiger partial charge in [-0.1, -0.05) is 13.8 Å². The van der Waals surface area contributed by atoms with Crippen molar-refractivity contribution in [1.82, 2.24) is 4.90 Å². The smallest absolute Gasteiger partial charge is 0.338 e. The van der Waals surface area contributed by atoms with Crippen LogP contribution in [0.1, 0.15) is 24.2 Å². The summed E-state index contributed by atoms with van der Waals surface area (Å²) in [6.07, 6.45) is 0. The zero-order valence-electron chi connectivity index (χ0n) is 17.7. The first kappa shape index (κ1) is 23.5. The summed E-state index contributed by atoms with van der Waals surface area (Å²) in [6, 6.07) is 10.5. The van der Waals surface area contributed by atoms with Crippen LogP contribution in [0.4, 0.5) is 5.69 Å². The van der Waals surface area contributed by atoms with Gasteiger partial charge >= 0.3 is 5.97 Å². The number of carbonyl (C=O) groups is 1. The Hall–Kier alpha value is -2.78. The van der Waals surface area contributed by atoms with E-state index in [0.29, 0.717) is 30.2 Å². The topological polar surface area (TPSA) is 94.2 Å². The number of sulfonamides is 1. The highest BCUT2D eigenvalue weighted by Crippen LogP contribution is 2.29. The lowest BCUT2D eigenvalue weighted by Crippen LogP contribution is -2.27. The second-order valence-electron chi connectivity index (χ2n) is 6.36. The predicted molar refractivity (Wildman–Crippen MR) is 115 cm³/mol. The summed E-state index contributed by atoms with van der Waals surface area (Å²) in [5.41, 5.74) is 0.649. The summed E-state index contributed by atoms with van der Waals surface area (Å²) >= 11 is 0. The highest BCUT2D eigenvalue weighted by atomic mass is 32.2. The molecule has 0 spiro atoms. The summed E-state index contributed by atoms with van der Waals surface area (Å²) in [4.78, 5) is 14.3. The van der Waals surface area contributed by atoms with E-state index >= 15 is 0 Å². The van der Waals surface area contributed by atoms with Crippen molar-refractivity contribution in [3.63, 3.8) is 0 Å². The molecule has 0 aliphatic carbocycles. The number of hydrogen-bond donors (Lipinski definition) is 1. The first-order chi connectivity index (χ1) is 14.3. The number of carbonyl (C=O) groups excluding carboxylic acids is 1. The van der Waals surface area contributed by atoms with Gasteiger partial charge in [-0.05, 0) is 49.5 Å². The van der Waals surface area contributed by atoms with Crippen molar-refractivity contribution >= 4 is 21.7 Å². The van der Waals surface area contributed by atoms with Gasteiger partial charge in [-0.25, -0.2) is 13.2 Å². The molecule has 0 fully saturated rings. The molecule has 0 aromatic heterocycles. The summed E-state index contributed by atoms with van der Waals surface area (Å²) in [6.45, 7) is 6.84. The molecule has 0 bridgehead atoms. The molecule has 0 saturated heterocycles. The van der Waals surface area contributed by atoms with Crippen LogP contribution in [0.25, 0.3) is 0 Å². The number of likely N-dealkylation sites (N-methyl/N-ethyl adjacent to an activating group) is 1. The van der Waals surface area contributed by atoms with Crippen molar-refractivity contribution < 1.29 is 27.4 Å². The minimum atomic E-state index is -3.93. The molecule has 1 N–H and O–H groups in total. The standard InChI is InChI=1S/C21H28N2O6S/c1-5-23(6-2)13-14-29-21(24)16-7-9-17(10-8-16)22-30(25,26)20-15-18(27-3)11-12-19(20)28-4/h7-12,15,22H,5-6,13-14H2,1-4H3. The SMILES string of the molecule is CCN(CC)CCOC(=O)c1ccc(NS(=O)(=O)c2cc(OC)ccc2OC)cc1. The Balaban J connectivity index is 2.07. The van der Waals surface area contributed by atoms with Crippen molar-refractivity contribution in [2.75, 3.05) is 45.2 Å². The normalized spacial score (nSPS) is 11.2. The molecule has 0 aliphatic rings. The molecule has 0 aliphatic heterocycles. The van der Waals surface area contributed by atoms with E-state index in [0.717, 1.165) is 13.1 Å². The highest BCUT2D eigenvalue weighted by molar-refractivity contribution is 7.92. The van der Waals surface area contributed by atoms with Crippen LogP contribution in [0.3, 0.4) is 0 Å². The highest BCUT2D eigenvalue weighted by Gasteiger charge is 2.21. The minimum Gasteiger partial charge on any atom is -0.497 e. The Kier molecular flexibility index (Phi) is 8.49. The molecule has 2 aromatic rings. The van der Waals surface area contributed by atoms with E-state index < -0.39 is 16.0 Å². The number of rotatable bonds is 11. The molecule has 2 aromatic carbocycles. The van der Waals surface area contributed by atoms with Gasteiger partial charge in [0, 0.05) is 18.3 Å². The number of nitrogens with zero attached hydrogens (tertiary/aromatic N) is 1. The molecule has 0 atom stereocenters. The Labute approximate surface area is 177 Å². The van der Waals surface area contributed by atoms with Crippen LogP contribution in [-0.4, -0.2) is 59.7 Å². The monoisotopic (exact) mass is 436 g/mol.